The number of hydrogen-bond acceptors (Lipinski definition) is 4. The van der Waals surface area contributed by atoms with Gasteiger partial charge < -0.3 is 11.1 Å². The Labute approximate surface area is 95.2 Å². The number of nitrogens with one attached hydrogen (secondary N) is 1. The average Bonchev–Trinajstić information content (AvgIpc) is 2.19. The van der Waals surface area contributed by atoms with Crippen LogP contribution in [0.2, 0.25) is 0 Å². The number of rotatable bonds is 5. The molecular weight excluding hydrogens is 226 g/mol. The van der Waals surface area contributed by atoms with Crippen molar-refractivity contribution in [1.82, 2.24) is 0 Å². The molecule has 0 unspecified atom stereocenters. The molecule has 0 heterocycles. The van der Waals surface area contributed by atoms with Crippen LogP contribution >= 0.6 is 0 Å². The van der Waals surface area contributed by atoms with Crippen LogP contribution in [-0.2, 0) is 10.0 Å². The zero-order chi connectivity index (χ0) is 12.2. The minimum atomic E-state index is -3.69. The van der Waals surface area contributed by atoms with Gasteiger partial charge in [0.25, 0.3) is 0 Å². The van der Waals surface area contributed by atoms with E-state index in [1.165, 1.54) is 18.2 Å². The predicted octanol–water partition coefficient (Wildman–Crippen LogP) is 0.904. The van der Waals surface area contributed by atoms with E-state index in [1.807, 2.05) is 0 Å². The molecule has 0 spiro atoms. The Hall–Kier alpha value is -1.53. The molecule has 0 saturated heterocycles. The summed E-state index contributed by atoms with van der Waals surface area (Å²) in [6.07, 6.45) is 2.52. The normalized spacial score (nSPS) is 11.1. The van der Waals surface area contributed by atoms with Gasteiger partial charge in [0.05, 0.1) is 16.3 Å². The monoisotopic (exact) mass is 241 g/mol. The molecule has 6 heteroatoms. The number of anilines is 2. The third kappa shape index (κ3) is 3.25. The molecule has 0 atom stereocenters. The Morgan fingerprint density at radius 3 is 2.69 bits per heavy atom. The second-order valence-corrected chi connectivity index (χ2v) is 4.86. The van der Waals surface area contributed by atoms with E-state index in [1.54, 1.807) is 6.08 Å². The van der Waals surface area contributed by atoms with Crippen LogP contribution in [0, 0.1) is 0 Å². The van der Waals surface area contributed by atoms with E-state index < -0.39 is 10.0 Å². The summed E-state index contributed by atoms with van der Waals surface area (Å²) in [6, 6.07) is 4.31. The van der Waals surface area contributed by atoms with Gasteiger partial charge in [-0.05, 0) is 24.6 Å². The highest BCUT2D eigenvalue weighted by atomic mass is 32.2. The topological polar surface area (TPSA) is 98.2 Å². The quantitative estimate of drug-likeness (QED) is 0.405. The van der Waals surface area contributed by atoms with Crippen molar-refractivity contribution in [2.45, 2.75) is 11.3 Å². The van der Waals surface area contributed by atoms with E-state index in [0.29, 0.717) is 17.9 Å². The molecule has 0 amide bonds. The lowest BCUT2D eigenvalue weighted by Crippen LogP contribution is -2.13. The molecule has 0 aromatic heterocycles. The Kier molecular flexibility index (Phi) is 3.92. The first-order valence-corrected chi connectivity index (χ1v) is 6.27. The summed E-state index contributed by atoms with van der Waals surface area (Å²) in [5.41, 5.74) is 6.74. The Morgan fingerprint density at radius 2 is 2.12 bits per heavy atom. The Morgan fingerprint density at radius 1 is 1.44 bits per heavy atom. The van der Waals surface area contributed by atoms with Crippen LogP contribution in [0.3, 0.4) is 0 Å². The van der Waals surface area contributed by atoms with Crippen molar-refractivity contribution in [3.8, 4) is 0 Å². The first-order chi connectivity index (χ1) is 7.45. The minimum absolute atomic E-state index is 0.0443. The molecule has 16 heavy (non-hydrogen) atoms. The summed E-state index contributed by atoms with van der Waals surface area (Å²) in [6.45, 7) is 4.22. The number of nitrogens with two attached hydrogens (primary N) is 2. The highest BCUT2D eigenvalue weighted by Crippen LogP contribution is 2.21. The third-order valence-corrected chi connectivity index (χ3v) is 2.93. The first kappa shape index (κ1) is 12.5. The second kappa shape index (κ2) is 5.00. The number of hydrogen-bond donors (Lipinski definition) is 3. The molecule has 0 bridgehead atoms. The molecule has 5 nitrogen and oxygen atoms in total. The van der Waals surface area contributed by atoms with E-state index in [2.05, 4.69) is 11.9 Å². The van der Waals surface area contributed by atoms with Crippen molar-refractivity contribution in [2.75, 3.05) is 17.6 Å². The highest BCUT2D eigenvalue weighted by Gasteiger charge is 2.09. The molecule has 5 N–H and O–H groups in total. The third-order valence-electron chi connectivity index (χ3n) is 2.02. The van der Waals surface area contributed by atoms with Gasteiger partial charge >= 0.3 is 0 Å². The second-order valence-electron chi connectivity index (χ2n) is 3.30. The van der Waals surface area contributed by atoms with Crippen molar-refractivity contribution in [1.29, 1.82) is 0 Å². The molecule has 88 valence electrons. The van der Waals surface area contributed by atoms with Crippen LogP contribution < -0.4 is 16.2 Å². The van der Waals surface area contributed by atoms with Crippen molar-refractivity contribution in [3.05, 3.63) is 30.9 Å². The van der Waals surface area contributed by atoms with Crippen molar-refractivity contribution >= 4 is 21.4 Å². The van der Waals surface area contributed by atoms with Crippen molar-refractivity contribution in [3.63, 3.8) is 0 Å². The van der Waals surface area contributed by atoms with E-state index in [4.69, 9.17) is 10.9 Å². The summed E-state index contributed by atoms with van der Waals surface area (Å²) in [7, 11) is -3.69. The maximum atomic E-state index is 11.1. The van der Waals surface area contributed by atoms with Gasteiger partial charge in [-0.15, -0.1) is 6.58 Å². The van der Waals surface area contributed by atoms with Crippen LogP contribution in [0.4, 0.5) is 11.4 Å². The van der Waals surface area contributed by atoms with Crippen LogP contribution in [-0.4, -0.2) is 15.0 Å². The maximum Gasteiger partial charge on any atom is 0.238 e. The molecule has 1 rings (SSSR count). The fourth-order valence-electron chi connectivity index (χ4n) is 1.17. The SMILES string of the molecule is C=CCCNc1cc(S(N)(=O)=O)ccc1N. The summed E-state index contributed by atoms with van der Waals surface area (Å²) in [5, 5.41) is 8.03. The van der Waals surface area contributed by atoms with Gasteiger partial charge in [0.1, 0.15) is 0 Å². The molecular formula is C10H15N3O2S. The molecule has 0 aliphatic carbocycles. The first-order valence-electron chi connectivity index (χ1n) is 4.72. The van der Waals surface area contributed by atoms with Gasteiger partial charge in [0, 0.05) is 6.54 Å². The molecule has 1 aromatic carbocycles. The van der Waals surface area contributed by atoms with E-state index in [9.17, 15) is 8.42 Å². The van der Waals surface area contributed by atoms with E-state index in [0.717, 1.165) is 6.42 Å². The molecule has 0 radical (unpaired) electrons. The standard InChI is InChI=1S/C10H15N3O2S/c1-2-3-6-13-10-7-8(16(12,14)15)4-5-9(10)11/h2,4-5,7,13H,1,3,6,11H2,(H2,12,14,15). The smallest absolute Gasteiger partial charge is 0.238 e. The lowest BCUT2D eigenvalue weighted by Gasteiger charge is -2.09. The van der Waals surface area contributed by atoms with Crippen LogP contribution in [0.1, 0.15) is 6.42 Å². The maximum absolute atomic E-state index is 11.1. The zero-order valence-corrected chi connectivity index (χ0v) is 9.63. The van der Waals surface area contributed by atoms with Crippen LogP contribution in [0.25, 0.3) is 0 Å². The van der Waals surface area contributed by atoms with Gasteiger partial charge in [-0.3, -0.25) is 0 Å². The number of sulfonamides is 1. The van der Waals surface area contributed by atoms with Gasteiger partial charge in [0.2, 0.25) is 10.0 Å². The van der Waals surface area contributed by atoms with Crippen LogP contribution in [0.15, 0.2) is 35.7 Å². The summed E-state index contributed by atoms with van der Waals surface area (Å²) in [5.74, 6) is 0. The lowest BCUT2D eigenvalue weighted by molar-refractivity contribution is 0.598. The highest BCUT2D eigenvalue weighted by molar-refractivity contribution is 7.89. The fourth-order valence-corrected chi connectivity index (χ4v) is 1.71. The van der Waals surface area contributed by atoms with E-state index in [-0.39, 0.29) is 4.90 Å². The number of primary sulfonamides is 1. The molecule has 1 aromatic rings. The molecule has 0 aliphatic heterocycles. The van der Waals surface area contributed by atoms with Crippen molar-refractivity contribution < 1.29 is 8.42 Å². The summed E-state index contributed by atoms with van der Waals surface area (Å²) < 4.78 is 22.2. The van der Waals surface area contributed by atoms with Crippen LogP contribution in [0.5, 0.6) is 0 Å². The zero-order valence-electron chi connectivity index (χ0n) is 8.81. The number of nitrogen functional groups attached to an aromatic ring is 1. The summed E-state index contributed by atoms with van der Waals surface area (Å²) in [4.78, 5) is 0.0443. The predicted molar refractivity (Wildman–Crippen MR) is 65.5 cm³/mol. The largest absolute Gasteiger partial charge is 0.397 e. The minimum Gasteiger partial charge on any atom is -0.397 e. The van der Waals surface area contributed by atoms with Crippen molar-refractivity contribution in [2.24, 2.45) is 5.14 Å². The lowest BCUT2D eigenvalue weighted by atomic mass is 10.2. The summed E-state index contributed by atoms with van der Waals surface area (Å²) >= 11 is 0. The number of benzene rings is 1. The molecule has 0 saturated carbocycles. The fraction of sp³-hybridized carbons (Fsp3) is 0.200. The average molecular weight is 241 g/mol. The molecule has 0 fully saturated rings. The molecule has 0 aliphatic rings. The van der Waals surface area contributed by atoms with Gasteiger partial charge in [-0.25, -0.2) is 13.6 Å². The van der Waals surface area contributed by atoms with E-state index >= 15 is 0 Å². The Bertz CT molecular complexity index is 483. The van der Waals surface area contributed by atoms with Gasteiger partial charge in [-0.2, -0.15) is 0 Å². The van der Waals surface area contributed by atoms with Gasteiger partial charge in [0.15, 0.2) is 0 Å². The Balaban J connectivity index is 2.95. The van der Waals surface area contributed by atoms with Gasteiger partial charge in [-0.1, -0.05) is 6.08 Å².